The Morgan fingerprint density at radius 1 is 0.742 bits per heavy atom. The molecule has 4 nitrogen and oxygen atoms in total. The van der Waals surface area contributed by atoms with E-state index in [9.17, 15) is 0 Å². The van der Waals surface area contributed by atoms with Crippen LogP contribution in [0.2, 0.25) is 0 Å². The van der Waals surface area contributed by atoms with Crippen molar-refractivity contribution in [1.82, 2.24) is 0 Å². The number of rotatable bonds is 13. The molecule has 0 aliphatic rings. The van der Waals surface area contributed by atoms with Crippen LogP contribution in [0.1, 0.15) is 59.1 Å². The van der Waals surface area contributed by atoms with Crippen LogP contribution >= 0.6 is 7.55 Å². The van der Waals surface area contributed by atoms with E-state index >= 15 is 0 Å². The van der Waals surface area contributed by atoms with Gasteiger partial charge in [-0.3, -0.25) is 0 Å². The van der Waals surface area contributed by atoms with Gasteiger partial charge in [-0.25, -0.2) is 0 Å². The number of hydrogen-bond donors (Lipinski definition) is 0. The first-order valence-electron chi connectivity index (χ1n) is 11.3. The standard InChI is InChI=1S/C26H37O4P/c1-7-20(6)31(18-21-23(27-8-2)14-12-15-24(21)28-9-3)19-22-25(29-10-4)16-13-17-26(22)30-11-5/h12-20H,7-11H2,1-6H3. The lowest BCUT2D eigenvalue weighted by molar-refractivity contribution is 0.320. The number of hydrogen-bond acceptors (Lipinski definition) is 4. The predicted octanol–water partition coefficient (Wildman–Crippen LogP) is 6.92. The molecule has 0 N–H and O–H groups in total. The van der Waals surface area contributed by atoms with E-state index in [0.29, 0.717) is 32.1 Å². The molecular weight excluding hydrogens is 407 g/mol. The Labute approximate surface area is 189 Å². The highest BCUT2D eigenvalue weighted by Gasteiger charge is 2.22. The Morgan fingerprint density at radius 2 is 1.16 bits per heavy atom. The normalized spacial score (nSPS) is 12.3. The molecule has 0 aliphatic carbocycles. The molecule has 31 heavy (non-hydrogen) atoms. The van der Waals surface area contributed by atoms with Crippen molar-refractivity contribution in [3.05, 3.63) is 53.7 Å². The average molecular weight is 445 g/mol. The van der Waals surface area contributed by atoms with Crippen LogP contribution in [-0.2, 0) is 0 Å². The Bertz CT molecular complexity index is 799. The van der Waals surface area contributed by atoms with Gasteiger partial charge in [0.1, 0.15) is 23.0 Å². The lowest BCUT2D eigenvalue weighted by atomic mass is 10.2. The van der Waals surface area contributed by atoms with Crippen LogP contribution in [0.4, 0.5) is 0 Å². The highest BCUT2D eigenvalue weighted by atomic mass is 31.1. The number of benzene rings is 2. The molecule has 2 rings (SSSR count). The maximum absolute atomic E-state index is 5.95. The van der Waals surface area contributed by atoms with Crippen LogP contribution in [0, 0.1) is 6.16 Å². The zero-order chi connectivity index (χ0) is 22.6. The summed E-state index contributed by atoms with van der Waals surface area (Å²) in [6.07, 6.45) is 3.40. The van der Waals surface area contributed by atoms with Crippen molar-refractivity contribution >= 4 is 13.3 Å². The summed E-state index contributed by atoms with van der Waals surface area (Å²) in [6.45, 7) is 15.0. The lowest BCUT2D eigenvalue weighted by Gasteiger charge is -2.22. The molecule has 0 bridgehead atoms. The van der Waals surface area contributed by atoms with Crippen molar-refractivity contribution in [2.24, 2.45) is 0 Å². The zero-order valence-electron chi connectivity index (χ0n) is 19.8. The van der Waals surface area contributed by atoms with Crippen molar-refractivity contribution in [3.63, 3.8) is 0 Å². The van der Waals surface area contributed by atoms with E-state index in [-0.39, 0.29) is 0 Å². The molecule has 2 unspecified atom stereocenters. The first kappa shape index (κ1) is 24.9. The highest BCUT2D eigenvalue weighted by Crippen LogP contribution is 2.45. The molecular formula is C26H37O4P. The van der Waals surface area contributed by atoms with Gasteiger partial charge in [-0.2, -0.15) is 0 Å². The summed E-state index contributed by atoms with van der Waals surface area (Å²) >= 11 is 0. The fourth-order valence-electron chi connectivity index (χ4n) is 3.23. The Morgan fingerprint density at radius 3 is 1.58 bits per heavy atom. The largest absolute Gasteiger partial charge is 0.550 e. The summed E-state index contributed by atoms with van der Waals surface area (Å²) in [7, 11) is -0.652. The maximum atomic E-state index is 5.95. The van der Waals surface area contributed by atoms with Crippen molar-refractivity contribution in [1.29, 1.82) is 0 Å². The van der Waals surface area contributed by atoms with Crippen molar-refractivity contribution in [3.8, 4) is 23.0 Å². The van der Waals surface area contributed by atoms with E-state index in [1.807, 2.05) is 64.1 Å². The molecule has 0 heterocycles. The third-order valence-electron chi connectivity index (χ3n) is 4.91. The van der Waals surface area contributed by atoms with Crippen LogP contribution in [0.3, 0.4) is 0 Å². The summed E-state index contributed by atoms with van der Waals surface area (Å²) in [4.78, 5) is 0. The fourth-order valence-corrected chi connectivity index (χ4v) is 5.34. The zero-order valence-corrected chi connectivity index (χ0v) is 20.7. The van der Waals surface area contributed by atoms with E-state index in [4.69, 9.17) is 18.9 Å². The van der Waals surface area contributed by atoms with Crippen molar-refractivity contribution in [2.75, 3.05) is 26.4 Å². The van der Waals surface area contributed by atoms with Gasteiger partial charge in [0, 0.05) is 17.7 Å². The molecule has 2 aromatic rings. The summed E-state index contributed by atoms with van der Waals surface area (Å²) in [5.74, 6) is 5.78. The summed E-state index contributed by atoms with van der Waals surface area (Å²) in [6, 6.07) is 12.0. The van der Waals surface area contributed by atoms with Gasteiger partial charge in [0.15, 0.2) is 0 Å². The van der Waals surface area contributed by atoms with Gasteiger partial charge in [0.25, 0.3) is 0 Å². The summed E-state index contributed by atoms with van der Waals surface area (Å²) in [5, 5.41) is 0. The molecule has 170 valence electrons. The SMILES string of the molecule is CCOc1cccc(OCC)c1C=[P+]([CH-]c1c(OCC)cccc1OCC)C(C)CC. The van der Waals surface area contributed by atoms with Crippen molar-refractivity contribution < 1.29 is 18.9 Å². The van der Waals surface area contributed by atoms with Gasteiger partial charge in [0.05, 0.1) is 39.5 Å². The van der Waals surface area contributed by atoms with Gasteiger partial charge >= 0.3 is 0 Å². The molecule has 0 aliphatic heterocycles. The average Bonchev–Trinajstić information content (AvgIpc) is 2.77. The first-order chi connectivity index (χ1) is 15.1. The van der Waals surface area contributed by atoms with Crippen LogP contribution in [0.15, 0.2) is 36.4 Å². The maximum Gasteiger partial charge on any atom is 0.134 e. The van der Waals surface area contributed by atoms with Gasteiger partial charge in [-0.1, -0.05) is 36.8 Å². The van der Waals surface area contributed by atoms with Crippen LogP contribution in [-0.4, -0.2) is 37.9 Å². The van der Waals surface area contributed by atoms with Gasteiger partial charge in [-0.05, 0) is 53.2 Å². The first-order valence-corrected chi connectivity index (χ1v) is 12.9. The lowest BCUT2D eigenvalue weighted by Crippen LogP contribution is -2.04. The van der Waals surface area contributed by atoms with Crippen LogP contribution in [0.25, 0.3) is 0 Å². The monoisotopic (exact) mass is 444 g/mol. The molecule has 0 aromatic heterocycles. The second-order valence-corrected chi connectivity index (χ2v) is 9.32. The topological polar surface area (TPSA) is 36.9 Å². The molecule has 2 aromatic carbocycles. The quantitative estimate of drug-likeness (QED) is 0.248. The molecule has 2 atom stereocenters. The predicted molar refractivity (Wildman–Crippen MR) is 133 cm³/mol. The smallest absolute Gasteiger partial charge is 0.134 e. The fraction of sp³-hybridized carbons (Fsp3) is 0.462. The third kappa shape index (κ3) is 6.83. The summed E-state index contributed by atoms with van der Waals surface area (Å²) < 4.78 is 23.8. The van der Waals surface area contributed by atoms with Crippen molar-refractivity contribution in [2.45, 2.75) is 53.6 Å². The van der Waals surface area contributed by atoms with E-state index in [0.717, 1.165) is 40.5 Å². The summed E-state index contributed by atoms with van der Waals surface area (Å²) in [5.41, 5.74) is 2.53. The Kier molecular flexibility index (Phi) is 10.6. The minimum absolute atomic E-state index is 0.475. The van der Waals surface area contributed by atoms with Gasteiger partial charge in [0.2, 0.25) is 0 Å². The third-order valence-corrected chi connectivity index (χ3v) is 7.40. The molecule has 0 spiro atoms. The second-order valence-electron chi connectivity index (χ2n) is 7.03. The molecule has 0 radical (unpaired) electrons. The minimum Gasteiger partial charge on any atom is -0.550 e. The number of ether oxygens (including phenoxy) is 4. The van der Waals surface area contributed by atoms with E-state index in [1.165, 1.54) is 0 Å². The second kappa shape index (κ2) is 13.2. The minimum atomic E-state index is -0.652. The van der Waals surface area contributed by atoms with Gasteiger partial charge in [-0.15, -0.1) is 0 Å². The van der Waals surface area contributed by atoms with E-state index in [1.54, 1.807) is 0 Å². The molecule has 0 fully saturated rings. The molecule has 0 saturated carbocycles. The van der Waals surface area contributed by atoms with Crippen LogP contribution in [0.5, 0.6) is 23.0 Å². The Balaban J connectivity index is 2.60. The van der Waals surface area contributed by atoms with Crippen LogP contribution < -0.4 is 18.9 Å². The van der Waals surface area contributed by atoms with Gasteiger partial charge < -0.3 is 18.9 Å². The molecule has 5 heteroatoms. The van der Waals surface area contributed by atoms with E-state index < -0.39 is 7.55 Å². The highest BCUT2D eigenvalue weighted by molar-refractivity contribution is 7.60. The Hall–Kier alpha value is -2.32. The molecule has 0 amide bonds. The van der Waals surface area contributed by atoms with E-state index in [2.05, 4.69) is 25.8 Å². The molecule has 0 saturated heterocycles.